The molecule has 134 valence electrons. The fraction of sp³-hybridized carbons (Fsp3) is 0.421. The molecule has 6 nitrogen and oxygen atoms in total. The van der Waals surface area contributed by atoms with E-state index in [-0.39, 0.29) is 5.91 Å². The first-order chi connectivity index (χ1) is 12.2. The smallest absolute Gasteiger partial charge is 0.272 e. The third-order valence-corrected chi connectivity index (χ3v) is 3.58. The van der Waals surface area contributed by atoms with Gasteiger partial charge in [0, 0.05) is 19.3 Å². The number of benzene rings is 1. The molecule has 1 N–H and O–H groups in total. The van der Waals surface area contributed by atoms with E-state index in [2.05, 4.69) is 29.1 Å². The second kappa shape index (κ2) is 9.61. The quantitative estimate of drug-likeness (QED) is 0.749. The van der Waals surface area contributed by atoms with Gasteiger partial charge in [0.05, 0.1) is 12.3 Å². The second-order valence-corrected chi connectivity index (χ2v) is 5.61. The monoisotopic (exact) mass is 342 g/mol. The molecular weight excluding hydrogens is 316 g/mol. The van der Waals surface area contributed by atoms with Crippen molar-refractivity contribution in [3.05, 3.63) is 42.2 Å². The summed E-state index contributed by atoms with van der Waals surface area (Å²) in [6.45, 7) is 8.09. The van der Waals surface area contributed by atoms with Crippen LogP contribution in [0.3, 0.4) is 0 Å². The maximum atomic E-state index is 12.7. The van der Waals surface area contributed by atoms with E-state index in [9.17, 15) is 4.79 Å². The molecule has 0 bridgehead atoms. The lowest BCUT2D eigenvalue weighted by Gasteiger charge is -2.21. The van der Waals surface area contributed by atoms with Crippen LogP contribution in [0.15, 0.2) is 36.5 Å². The molecule has 0 saturated heterocycles. The highest BCUT2D eigenvalue weighted by molar-refractivity contribution is 5.92. The largest absolute Gasteiger partial charge is 0.492 e. The van der Waals surface area contributed by atoms with Gasteiger partial charge in [-0.05, 0) is 38.0 Å². The maximum Gasteiger partial charge on any atom is 0.272 e. The van der Waals surface area contributed by atoms with Crippen LogP contribution < -0.4 is 10.1 Å². The molecule has 0 aliphatic carbocycles. The number of rotatable bonds is 9. The number of ether oxygens (including phenoxy) is 1. The van der Waals surface area contributed by atoms with Gasteiger partial charge in [-0.2, -0.15) is 0 Å². The van der Waals surface area contributed by atoms with E-state index in [1.807, 2.05) is 36.1 Å². The van der Waals surface area contributed by atoms with Crippen LogP contribution in [0.25, 0.3) is 0 Å². The summed E-state index contributed by atoms with van der Waals surface area (Å²) in [6, 6.07) is 9.24. The van der Waals surface area contributed by atoms with Crippen molar-refractivity contribution >= 4 is 17.5 Å². The highest BCUT2D eigenvalue weighted by atomic mass is 16.5. The van der Waals surface area contributed by atoms with Crippen LogP contribution in [-0.2, 0) is 0 Å². The van der Waals surface area contributed by atoms with Crippen molar-refractivity contribution in [2.24, 2.45) is 0 Å². The van der Waals surface area contributed by atoms with Crippen molar-refractivity contribution in [2.45, 2.75) is 33.6 Å². The van der Waals surface area contributed by atoms with Gasteiger partial charge in [0.2, 0.25) is 5.95 Å². The summed E-state index contributed by atoms with van der Waals surface area (Å²) in [5.74, 6) is 1.04. The van der Waals surface area contributed by atoms with Crippen molar-refractivity contribution in [3.8, 4) is 5.75 Å². The molecule has 0 unspecified atom stereocenters. The Morgan fingerprint density at radius 1 is 1.12 bits per heavy atom. The fourth-order valence-corrected chi connectivity index (χ4v) is 2.53. The first-order valence-electron chi connectivity index (χ1n) is 8.80. The summed E-state index contributed by atoms with van der Waals surface area (Å²) >= 11 is 0. The van der Waals surface area contributed by atoms with Gasteiger partial charge in [-0.3, -0.25) is 4.79 Å². The Labute approximate surface area is 149 Å². The lowest BCUT2D eigenvalue weighted by atomic mass is 10.3. The molecule has 0 aliphatic rings. The molecule has 1 amide bonds. The molecule has 0 radical (unpaired) electrons. The summed E-state index contributed by atoms with van der Waals surface area (Å²) in [6.07, 6.45) is 3.44. The molecule has 0 spiro atoms. The highest BCUT2D eigenvalue weighted by Gasteiger charge is 2.16. The molecule has 1 heterocycles. The Hall–Kier alpha value is -2.63. The van der Waals surface area contributed by atoms with Gasteiger partial charge in [-0.1, -0.05) is 26.0 Å². The van der Waals surface area contributed by atoms with Crippen molar-refractivity contribution in [3.63, 3.8) is 0 Å². The van der Waals surface area contributed by atoms with Gasteiger partial charge in [0.25, 0.3) is 5.91 Å². The molecule has 0 atom stereocenters. The van der Waals surface area contributed by atoms with Gasteiger partial charge in [-0.15, -0.1) is 0 Å². The summed E-state index contributed by atoms with van der Waals surface area (Å²) in [5, 5.41) is 3.14. The Bertz CT molecular complexity index is 685. The summed E-state index contributed by atoms with van der Waals surface area (Å²) in [4.78, 5) is 23.1. The van der Waals surface area contributed by atoms with Crippen LogP contribution >= 0.6 is 0 Å². The maximum absolute atomic E-state index is 12.7. The van der Waals surface area contributed by atoms with E-state index >= 15 is 0 Å². The molecule has 1 aromatic heterocycles. The number of carbonyl (C=O) groups is 1. The van der Waals surface area contributed by atoms with Crippen molar-refractivity contribution in [1.29, 1.82) is 0 Å². The van der Waals surface area contributed by atoms with Crippen LogP contribution in [0.5, 0.6) is 5.75 Å². The van der Waals surface area contributed by atoms with Crippen molar-refractivity contribution in [1.82, 2.24) is 14.9 Å². The number of nitrogens with one attached hydrogen (secondary N) is 1. The molecule has 0 aliphatic heterocycles. The van der Waals surface area contributed by atoms with Crippen LogP contribution in [0, 0.1) is 0 Å². The number of amides is 1. The van der Waals surface area contributed by atoms with Crippen LogP contribution in [0.2, 0.25) is 0 Å². The van der Waals surface area contributed by atoms with E-state index in [1.165, 1.54) is 0 Å². The summed E-state index contributed by atoms with van der Waals surface area (Å²) in [7, 11) is 0. The Morgan fingerprint density at radius 3 is 2.52 bits per heavy atom. The number of hydrogen-bond acceptors (Lipinski definition) is 5. The van der Waals surface area contributed by atoms with Gasteiger partial charge in [0.15, 0.2) is 0 Å². The van der Waals surface area contributed by atoms with E-state index in [4.69, 9.17) is 4.74 Å². The molecule has 2 rings (SSSR count). The van der Waals surface area contributed by atoms with Gasteiger partial charge < -0.3 is 15.0 Å². The number of anilines is 2. The van der Waals surface area contributed by atoms with Crippen molar-refractivity contribution in [2.75, 3.05) is 25.0 Å². The minimum absolute atomic E-state index is 0.0627. The van der Waals surface area contributed by atoms with Crippen LogP contribution in [0.4, 0.5) is 11.6 Å². The predicted molar refractivity (Wildman–Crippen MR) is 99.4 cm³/mol. The zero-order chi connectivity index (χ0) is 18.1. The van der Waals surface area contributed by atoms with Crippen molar-refractivity contribution < 1.29 is 9.53 Å². The molecule has 25 heavy (non-hydrogen) atoms. The molecule has 0 fully saturated rings. The lowest BCUT2D eigenvalue weighted by molar-refractivity contribution is 0.0749. The Morgan fingerprint density at radius 2 is 1.84 bits per heavy atom. The van der Waals surface area contributed by atoms with Gasteiger partial charge >= 0.3 is 0 Å². The average Bonchev–Trinajstić information content (AvgIpc) is 2.63. The topological polar surface area (TPSA) is 67.4 Å². The summed E-state index contributed by atoms with van der Waals surface area (Å²) < 4.78 is 5.60. The average molecular weight is 342 g/mol. The van der Waals surface area contributed by atoms with Crippen LogP contribution in [0.1, 0.15) is 44.1 Å². The molecule has 0 saturated carbocycles. The number of aromatic nitrogens is 2. The highest BCUT2D eigenvalue weighted by Crippen LogP contribution is 2.26. The summed E-state index contributed by atoms with van der Waals surface area (Å²) in [5.41, 5.74) is 1.17. The number of nitrogens with zero attached hydrogens (tertiary/aromatic N) is 3. The van der Waals surface area contributed by atoms with Gasteiger partial charge in [-0.25, -0.2) is 9.97 Å². The van der Waals surface area contributed by atoms with Crippen LogP contribution in [-0.4, -0.2) is 40.5 Å². The third-order valence-electron chi connectivity index (χ3n) is 3.58. The first-order valence-corrected chi connectivity index (χ1v) is 8.80. The van der Waals surface area contributed by atoms with E-state index in [0.29, 0.717) is 18.2 Å². The zero-order valence-corrected chi connectivity index (χ0v) is 15.2. The first kappa shape index (κ1) is 18.7. The molecule has 6 heteroatoms. The number of para-hydroxylation sites is 2. The Kier molecular flexibility index (Phi) is 7.19. The molecule has 2 aromatic rings. The van der Waals surface area contributed by atoms with E-state index < -0.39 is 0 Å². The fourth-order valence-electron chi connectivity index (χ4n) is 2.53. The lowest BCUT2D eigenvalue weighted by Crippen LogP contribution is -2.33. The number of carbonyl (C=O) groups excluding carboxylic acids is 1. The van der Waals surface area contributed by atoms with E-state index in [1.54, 1.807) is 12.3 Å². The molecular formula is C19H26N4O2. The van der Waals surface area contributed by atoms with E-state index in [0.717, 1.165) is 37.4 Å². The minimum atomic E-state index is -0.0627. The predicted octanol–water partition coefficient (Wildman–Crippen LogP) is 3.88. The Balaban J connectivity index is 2.20. The van der Waals surface area contributed by atoms with Gasteiger partial charge in [0.1, 0.15) is 11.4 Å². The minimum Gasteiger partial charge on any atom is -0.492 e. The SMILES string of the molecule is CCCN(CCC)C(=O)c1ccnc(Nc2ccccc2OCC)n1. The zero-order valence-electron chi connectivity index (χ0n) is 15.2. The number of hydrogen-bond donors (Lipinski definition) is 1. The standard InChI is InChI=1S/C19H26N4O2/c1-4-13-23(14-5-2)18(24)16-11-12-20-19(22-16)21-15-9-7-8-10-17(15)25-6-3/h7-12H,4-6,13-14H2,1-3H3,(H,20,21,22). The molecule has 1 aromatic carbocycles. The third kappa shape index (κ3) is 5.17. The normalized spacial score (nSPS) is 10.4. The second-order valence-electron chi connectivity index (χ2n) is 5.61.